The first-order chi connectivity index (χ1) is 12.5. The Kier molecular flexibility index (Phi) is 5.38. The van der Waals surface area contributed by atoms with Gasteiger partial charge in [-0.2, -0.15) is 5.10 Å². The zero-order chi connectivity index (χ0) is 18.5. The standard InChI is InChI=1S/C18H16ClFN4O2/c1-24-17(16(20)10-21-24)11-26-15-4-2-3-14(9-15)23-18(25)22-13-7-5-12(19)6-8-13/h2-10H,11H2,1H3,(H2,22,23,25). The van der Waals surface area contributed by atoms with Crippen LogP contribution in [0.25, 0.3) is 0 Å². The lowest BCUT2D eigenvalue weighted by Gasteiger charge is -2.10. The van der Waals surface area contributed by atoms with E-state index < -0.39 is 11.8 Å². The van der Waals surface area contributed by atoms with E-state index in [1.165, 1.54) is 4.68 Å². The van der Waals surface area contributed by atoms with Gasteiger partial charge in [-0.05, 0) is 36.4 Å². The van der Waals surface area contributed by atoms with Crippen LogP contribution in [0.4, 0.5) is 20.6 Å². The van der Waals surface area contributed by atoms with Gasteiger partial charge in [-0.3, -0.25) is 4.68 Å². The number of nitrogens with one attached hydrogen (secondary N) is 2. The first kappa shape index (κ1) is 17.8. The molecule has 0 saturated heterocycles. The molecule has 2 N–H and O–H groups in total. The quantitative estimate of drug-likeness (QED) is 0.694. The number of ether oxygens (including phenoxy) is 1. The fourth-order valence-electron chi connectivity index (χ4n) is 2.24. The monoisotopic (exact) mass is 374 g/mol. The number of carbonyl (C=O) groups excluding carboxylic acids is 1. The highest BCUT2D eigenvalue weighted by Gasteiger charge is 2.09. The summed E-state index contributed by atoms with van der Waals surface area (Å²) in [4.78, 5) is 12.1. The van der Waals surface area contributed by atoms with Crippen LogP contribution in [-0.4, -0.2) is 15.8 Å². The van der Waals surface area contributed by atoms with Gasteiger partial charge in [0.05, 0.1) is 6.20 Å². The van der Waals surface area contributed by atoms with Crippen molar-refractivity contribution in [1.29, 1.82) is 0 Å². The van der Waals surface area contributed by atoms with E-state index in [0.717, 1.165) is 6.20 Å². The Hall–Kier alpha value is -3.06. The highest BCUT2D eigenvalue weighted by atomic mass is 35.5. The van der Waals surface area contributed by atoms with E-state index in [2.05, 4.69) is 15.7 Å². The van der Waals surface area contributed by atoms with Crippen molar-refractivity contribution in [3.63, 3.8) is 0 Å². The smallest absolute Gasteiger partial charge is 0.323 e. The van der Waals surface area contributed by atoms with Crippen molar-refractivity contribution in [3.05, 3.63) is 71.3 Å². The zero-order valence-electron chi connectivity index (χ0n) is 13.9. The van der Waals surface area contributed by atoms with Gasteiger partial charge in [0, 0.05) is 29.5 Å². The molecule has 6 nitrogen and oxygen atoms in total. The SMILES string of the molecule is Cn1ncc(F)c1COc1cccc(NC(=O)Nc2ccc(Cl)cc2)c1. The molecule has 2 aromatic carbocycles. The molecule has 0 aliphatic heterocycles. The second-order valence-electron chi connectivity index (χ2n) is 5.47. The molecule has 1 heterocycles. The Morgan fingerprint density at radius 3 is 2.62 bits per heavy atom. The minimum Gasteiger partial charge on any atom is -0.487 e. The summed E-state index contributed by atoms with van der Waals surface area (Å²) in [6, 6.07) is 13.2. The highest BCUT2D eigenvalue weighted by molar-refractivity contribution is 6.30. The molecule has 0 fully saturated rings. The van der Waals surface area contributed by atoms with Crippen LogP contribution >= 0.6 is 11.6 Å². The average Bonchev–Trinajstić information content (AvgIpc) is 2.93. The van der Waals surface area contributed by atoms with Crippen molar-refractivity contribution in [3.8, 4) is 5.75 Å². The second-order valence-corrected chi connectivity index (χ2v) is 5.90. The topological polar surface area (TPSA) is 68.2 Å². The highest BCUT2D eigenvalue weighted by Crippen LogP contribution is 2.20. The summed E-state index contributed by atoms with van der Waals surface area (Å²) in [5.41, 5.74) is 1.49. The molecule has 0 spiro atoms. The fourth-order valence-corrected chi connectivity index (χ4v) is 2.37. The molecule has 0 atom stereocenters. The van der Waals surface area contributed by atoms with Gasteiger partial charge in [-0.1, -0.05) is 17.7 Å². The van der Waals surface area contributed by atoms with Crippen LogP contribution in [0, 0.1) is 5.82 Å². The maximum absolute atomic E-state index is 13.6. The van der Waals surface area contributed by atoms with Crippen molar-refractivity contribution in [2.24, 2.45) is 7.05 Å². The first-order valence-electron chi connectivity index (χ1n) is 7.74. The summed E-state index contributed by atoms with van der Waals surface area (Å²) in [7, 11) is 1.64. The van der Waals surface area contributed by atoms with E-state index in [9.17, 15) is 9.18 Å². The molecule has 0 radical (unpaired) electrons. The number of halogens is 2. The number of amides is 2. The molecule has 134 valence electrons. The van der Waals surface area contributed by atoms with Gasteiger partial charge in [0.25, 0.3) is 0 Å². The molecule has 0 aliphatic rings. The maximum atomic E-state index is 13.6. The van der Waals surface area contributed by atoms with E-state index >= 15 is 0 Å². The average molecular weight is 375 g/mol. The molecule has 2 amide bonds. The van der Waals surface area contributed by atoms with Crippen molar-refractivity contribution in [2.75, 3.05) is 10.6 Å². The van der Waals surface area contributed by atoms with Crippen LogP contribution in [0.1, 0.15) is 5.69 Å². The van der Waals surface area contributed by atoms with Gasteiger partial charge in [-0.15, -0.1) is 0 Å². The first-order valence-corrected chi connectivity index (χ1v) is 8.12. The summed E-state index contributed by atoms with van der Waals surface area (Å²) >= 11 is 5.81. The number of rotatable bonds is 5. The van der Waals surface area contributed by atoms with Crippen LogP contribution in [0.5, 0.6) is 5.75 Å². The lowest BCUT2D eigenvalue weighted by atomic mass is 10.3. The van der Waals surface area contributed by atoms with Crippen LogP contribution in [-0.2, 0) is 13.7 Å². The van der Waals surface area contributed by atoms with Gasteiger partial charge in [0.15, 0.2) is 5.82 Å². The molecule has 26 heavy (non-hydrogen) atoms. The van der Waals surface area contributed by atoms with E-state index in [0.29, 0.717) is 27.8 Å². The number of aryl methyl sites for hydroxylation is 1. The molecule has 8 heteroatoms. The van der Waals surface area contributed by atoms with E-state index in [1.54, 1.807) is 55.6 Å². The Morgan fingerprint density at radius 2 is 1.92 bits per heavy atom. The van der Waals surface area contributed by atoms with Gasteiger partial charge in [0.1, 0.15) is 18.1 Å². The largest absolute Gasteiger partial charge is 0.487 e. The second kappa shape index (κ2) is 7.88. The summed E-state index contributed by atoms with van der Waals surface area (Å²) in [6.45, 7) is 0.0305. The minimum atomic E-state index is -0.427. The summed E-state index contributed by atoms with van der Waals surface area (Å²) in [5.74, 6) is 0.0685. The molecule has 1 aromatic heterocycles. The van der Waals surface area contributed by atoms with E-state index in [-0.39, 0.29) is 6.61 Å². The van der Waals surface area contributed by atoms with Crippen molar-refractivity contribution in [1.82, 2.24) is 9.78 Å². The number of carbonyl (C=O) groups is 1. The Balaban J connectivity index is 1.60. The van der Waals surface area contributed by atoms with Crippen LogP contribution in [0.15, 0.2) is 54.7 Å². The Bertz CT molecular complexity index is 892. The summed E-state index contributed by atoms with van der Waals surface area (Å²) < 4.78 is 20.6. The molecule has 0 bridgehead atoms. The minimum absolute atomic E-state index is 0.0305. The fraction of sp³-hybridized carbons (Fsp3) is 0.111. The van der Waals surface area contributed by atoms with Crippen molar-refractivity contribution >= 4 is 29.0 Å². The Morgan fingerprint density at radius 1 is 1.19 bits per heavy atom. The summed E-state index contributed by atoms with van der Waals surface area (Å²) in [6.07, 6.45) is 1.14. The van der Waals surface area contributed by atoms with Gasteiger partial charge in [-0.25, -0.2) is 9.18 Å². The lowest BCUT2D eigenvalue weighted by Crippen LogP contribution is -2.19. The van der Waals surface area contributed by atoms with E-state index in [4.69, 9.17) is 16.3 Å². The summed E-state index contributed by atoms with van der Waals surface area (Å²) in [5, 5.41) is 9.81. The molecule has 3 aromatic rings. The van der Waals surface area contributed by atoms with E-state index in [1.807, 2.05) is 0 Å². The molecular weight excluding hydrogens is 359 g/mol. The van der Waals surface area contributed by atoms with Gasteiger partial charge >= 0.3 is 6.03 Å². The van der Waals surface area contributed by atoms with Gasteiger partial charge in [0.2, 0.25) is 0 Å². The Labute approximate surface area is 154 Å². The number of hydrogen-bond acceptors (Lipinski definition) is 3. The lowest BCUT2D eigenvalue weighted by molar-refractivity contribution is 0.262. The van der Waals surface area contributed by atoms with Crippen molar-refractivity contribution < 1.29 is 13.9 Å². The van der Waals surface area contributed by atoms with Crippen molar-refractivity contribution in [2.45, 2.75) is 6.61 Å². The third-order valence-corrected chi connectivity index (χ3v) is 3.83. The zero-order valence-corrected chi connectivity index (χ0v) is 14.6. The number of anilines is 2. The molecule has 0 unspecified atom stereocenters. The number of aromatic nitrogens is 2. The predicted molar refractivity (Wildman–Crippen MR) is 98.0 cm³/mol. The van der Waals surface area contributed by atoms with Crippen LogP contribution in [0.3, 0.4) is 0 Å². The third kappa shape index (κ3) is 4.52. The molecule has 3 rings (SSSR count). The molecule has 0 aliphatic carbocycles. The van der Waals surface area contributed by atoms with Crippen LogP contribution in [0.2, 0.25) is 5.02 Å². The molecule has 0 saturated carbocycles. The normalized spacial score (nSPS) is 10.4. The number of benzene rings is 2. The number of nitrogens with zero attached hydrogens (tertiary/aromatic N) is 2. The maximum Gasteiger partial charge on any atom is 0.323 e. The van der Waals surface area contributed by atoms with Gasteiger partial charge < -0.3 is 15.4 Å². The third-order valence-electron chi connectivity index (χ3n) is 3.58. The number of hydrogen-bond donors (Lipinski definition) is 2. The molecular formula is C18H16ClFN4O2. The predicted octanol–water partition coefficient (Wildman–Crippen LogP) is 4.44. The van der Waals surface area contributed by atoms with Crippen LogP contribution < -0.4 is 15.4 Å². The number of urea groups is 1.